The minimum absolute atomic E-state index is 0.0943. The fourth-order valence-electron chi connectivity index (χ4n) is 2.39. The first-order chi connectivity index (χ1) is 14.5. The van der Waals surface area contributed by atoms with Gasteiger partial charge in [-0.05, 0) is 24.1 Å². The number of carbonyl (C=O) groups is 2. The zero-order chi connectivity index (χ0) is 21.3. The number of thioether (sulfide) groups is 1. The Morgan fingerprint density at radius 3 is 2.50 bits per heavy atom. The fourth-order valence-corrected chi connectivity index (χ4v) is 3.97. The Bertz CT molecular complexity index is 1020. The molecule has 3 aromatic rings. The van der Waals surface area contributed by atoms with Crippen LogP contribution in [0.3, 0.4) is 0 Å². The molecule has 0 bridgehead atoms. The fraction of sp³-hybridized carbons (Fsp3) is 0.158. The van der Waals surface area contributed by atoms with E-state index in [0.29, 0.717) is 10.9 Å². The molecular formula is C19H17N5O4S2. The normalized spacial score (nSPS) is 10.4. The molecular weight excluding hydrogens is 426 g/mol. The van der Waals surface area contributed by atoms with Crippen LogP contribution in [-0.4, -0.2) is 39.2 Å². The first-order valence-corrected chi connectivity index (χ1v) is 10.6. The largest absolute Gasteiger partial charge is 0.355 e. The highest BCUT2D eigenvalue weighted by Crippen LogP contribution is 2.25. The van der Waals surface area contributed by atoms with Crippen LogP contribution in [0.25, 0.3) is 0 Å². The van der Waals surface area contributed by atoms with Crippen molar-refractivity contribution in [2.24, 2.45) is 0 Å². The Balaban J connectivity index is 1.42. The van der Waals surface area contributed by atoms with E-state index in [4.69, 9.17) is 0 Å². The van der Waals surface area contributed by atoms with Crippen LogP contribution in [-0.2, 0) is 11.2 Å². The van der Waals surface area contributed by atoms with E-state index in [1.165, 1.54) is 36.0 Å². The maximum atomic E-state index is 12.2. The molecule has 0 radical (unpaired) electrons. The Kier molecular flexibility index (Phi) is 7.46. The molecule has 0 saturated heterocycles. The second-order valence-corrected chi connectivity index (χ2v) is 8.21. The lowest BCUT2D eigenvalue weighted by molar-refractivity contribution is -0.384. The summed E-state index contributed by atoms with van der Waals surface area (Å²) in [6.45, 7) is 0.552. The molecule has 2 N–H and O–H groups in total. The smallest absolute Gasteiger partial charge is 0.269 e. The molecule has 0 spiro atoms. The van der Waals surface area contributed by atoms with Gasteiger partial charge in [0.15, 0.2) is 4.34 Å². The van der Waals surface area contributed by atoms with Crippen LogP contribution in [0.4, 0.5) is 10.8 Å². The number of hydrogen-bond acceptors (Lipinski definition) is 8. The second-order valence-electron chi connectivity index (χ2n) is 6.01. The van der Waals surface area contributed by atoms with Crippen molar-refractivity contribution in [1.29, 1.82) is 0 Å². The van der Waals surface area contributed by atoms with E-state index in [9.17, 15) is 19.7 Å². The van der Waals surface area contributed by atoms with E-state index < -0.39 is 10.8 Å². The van der Waals surface area contributed by atoms with Crippen molar-refractivity contribution in [1.82, 2.24) is 15.5 Å². The van der Waals surface area contributed by atoms with E-state index in [2.05, 4.69) is 20.8 Å². The summed E-state index contributed by atoms with van der Waals surface area (Å²) in [6, 6.07) is 15.1. The van der Waals surface area contributed by atoms with Gasteiger partial charge in [-0.2, -0.15) is 0 Å². The number of nitro benzene ring substituents is 1. The molecule has 2 aromatic carbocycles. The third kappa shape index (κ3) is 6.36. The summed E-state index contributed by atoms with van der Waals surface area (Å²) < 4.78 is 0.548. The predicted octanol–water partition coefficient (Wildman–Crippen LogP) is 3.15. The Morgan fingerprint density at radius 1 is 1.07 bits per heavy atom. The van der Waals surface area contributed by atoms with Gasteiger partial charge in [0, 0.05) is 24.2 Å². The minimum atomic E-state index is -0.534. The van der Waals surface area contributed by atoms with Crippen molar-refractivity contribution in [3.63, 3.8) is 0 Å². The van der Waals surface area contributed by atoms with Gasteiger partial charge in [-0.1, -0.05) is 53.4 Å². The average molecular weight is 444 g/mol. The zero-order valence-electron chi connectivity index (χ0n) is 15.6. The third-order valence-corrected chi connectivity index (χ3v) is 5.84. The topological polar surface area (TPSA) is 127 Å². The van der Waals surface area contributed by atoms with E-state index in [0.717, 1.165) is 23.3 Å². The monoisotopic (exact) mass is 443 g/mol. The molecule has 30 heavy (non-hydrogen) atoms. The number of carbonyl (C=O) groups excluding carboxylic acids is 2. The van der Waals surface area contributed by atoms with Crippen LogP contribution >= 0.6 is 23.1 Å². The Labute approximate surface area is 180 Å². The van der Waals surface area contributed by atoms with E-state index in [1.807, 2.05) is 30.3 Å². The standard InChI is InChI=1S/C19H17N5O4S2/c25-16(20-11-10-13-4-2-1-3-5-13)12-29-19-23-22-18(30-19)21-17(26)14-6-8-15(9-7-14)24(27)28/h1-9H,10-12H2,(H,20,25)(H,21,22,26). The van der Waals surface area contributed by atoms with Crippen LogP contribution in [0.15, 0.2) is 58.9 Å². The Morgan fingerprint density at radius 2 is 1.80 bits per heavy atom. The number of nitrogens with zero attached hydrogens (tertiary/aromatic N) is 3. The lowest BCUT2D eigenvalue weighted by Crippen LogP contribution is -2.27. The minimum Gasteiger partial charge on any atom is -0.355 e. The maximum absolute atomic E-state index is 12.2. The van der Waals surface area contributed by atoms with E-state index in [-0.39, 0.29) is 28.0 Å². The number of aromatic nitrogens is 2. The van der Waals surface area contributed by atoms with Crippen molar-refractivity contribution in [3.05, 3.63) is 75.8 Å². The quantitative estimate of drug-likeness (QED) is 0.225. The molecule has 0 atom stereocenters. The number of benzene rings is 2. The molecule has 2 amide bonds. The molecule has 0 aliphatic carbocycles. The van der Waals surface area contributed by atoms with Gasteiger partial charge in [0.25, 0.3) is 11.6 Å². The van der Waals surface area contributed by atoms with Gasteiger partial charge in [0.2, 0.25) is 11.0 Å². The van der Waals surface area contributed by atoms with Gasteiger partial charge >= 0.3 is 0 Å². The molecule has 9 nitrogen and oxygen atoms in total. The summed E-state index contributed by atoms with van der Waals surface area (Å²) in [5, 5.41) is 24.2. The van der Waals surface area contributed by atoms with E-state index >= 15 is 0 Å². The molecule has 0 fully saturated rings. The predicted molar refractivity (Wildman–Crippen MR) is 115 cm³/mol. The van der Waals surface area contributed by atoms with Crippen LogP contribution in [0, 0.1) is 10.1 Å². The van der Waals surface area contributed by atoms with Crippen LogP contribution in [0.1, 0.15) is 15.9 Å². The summed E-state index contributed by atoms with van der Waals surface area (Å²) in [7, 11) is 0. The molecule has 1 heterocycles. The summed E-state index contributed by atoms with van der Waals surface area (Å²) in [5.41, 5.74) is 1.33. The van der Waals surface area contributed by atoms with Gasteiger partial charge in [-0.25, -0.2) is 0 Å². The van der Waals surface area contributed by atoms with Crippen LogP contribution in [0.2, 0.25) is 0 Å². The average Bonchev–Trinajstić information content (AvgIpc) is 3.20. The molecule has 1 aromatic heterocycles. The molecule has 11 heteroatoms. The van der Waals surface area contributed by atoms with Gasteiger partial charge in [-0.15, -0.1) is 10.2 Å². The first-order valence-electron chi connectivity index (χ1n) is 8.84. The Hall–Kier alpha value is -3.31. The lowest BCUT2D eigenvalue weighted by Gasteiger charge is -2.04. The van der Waals surface area contributed by atoms with Gasteiger partial charge in [0.05, 0.1) is 10.7 Å². The molecule has 0 unspecified atom stereocenters. The number of amides is 2. The number of nitrogens with one attached hydrogen (secondary N) is 2. The van der Waals surface area contributed by atoms with Crippen molar-refractivity contribution >= 4 is 45.7 Å². The summed E-state index contributed by atoms with van der Waals surface area (Å²) >= 11 is 2.38. The molecule has 3 rings (SSSR count). The highest BCUT2D eigenvalue weighted by Gasteiger charge is 2.13. The van der Waals surface area contributed by atoms with Gasteiger partial charge in [0.1, 0.15) is 0 Å². The van der Waals surface area contributed by atoms with Crippen molar-refractivity contribution < 1.29 is 14.5 Å². The number of non-ortho nitro benzene ring substituents is 1. The third-order valence-electron chi connectivity index (χ3n) is 3.87. The number of anilines is 1. The molecule has 0 aliphatic rings. The SMILES string of the molecule is O=C(CSc1nnc(NC(=O)c2ccc([N+](=O)[O-])cc2)s1)NCCc1ccccc1. The van der Waals surface area contributed by atoms with Crippen molar-refractivity contribution in [3.8, 4) is 0 Å². The lowest BCUT2D eigenvalue weighted by atomic mass is 10.1. The van der Waals surface area contributed by atoms with Gasteiger partial charge in [-0.3, -0.25) is 25.0 Å². The zero-order valence-corrected chi connectivity index (χ0v) is 17.2. The van der Waals surface area contributed by atoms with Crippen LogP contribution < -0.4 is 10.6 Å². The molecule has 0 aliphatic heterocycles. The summed E-state index contributed by atoms with van der Waals surface area (Å²) in [5.74, 6) is -0.362. The summed E-state index contributed by atoms with van der Waals surface area (Å²) in [4.78, 5) is 34.3. The number of hydrogen-bond donors (Lipinski definition) is 2. The highest BCUT2D eigenvalue weighted by atomic mass is 32.2. The van der Waals surface area contributed by atoms with E-state index in [1.54, 1.807) is 0 Å². The van der Waals surface area contributed by atoms with Crippen molar-refractivity contribution in [2.75, 3.05) is 17.6 Å². The number of nitro groups is 1. The van der Waals surface area contributed by atoms with Gasteiger partial charge < -0.3 is 5.32 Å². The number of rotatable bonds is 9. The maximum Gasteiger partial charge on any atom is 0.269 e. The summed E-state index contributed by atoms with van der Waals surface area (Å²) in [6.07, 6.45) is 0.759. The second kappa shape index (κ2) is 10.5. The first kappa shape index (κ1) is 21.4. The molecule has 154 valence electrons. The highest BCUT2D eigenvalue weighted by molar-refractivity contribution is 8.01. The van der Waals surface area contributed by atoms with Crippen LogP contribution in [0.5, 0.6) is 0 Å². The van der Waals surface area contributed by atoms with Crippen molar-refractivity contribution in [2.45, 2.75) is 10.8 Å². The molecule has 0 saturated carbocycles.